The van der Waals surface area contributed by atoms with Crippen molar-refractivity contribution in [2.75, 3.05) is 0 Å². The minimum atomic E-state index is -0.218. The van der Waals surface area contributed by atoms with E-state index in [0.29, 0.717) is 30.0 Å². The Morgan fingerprint density at radius 1 is 1.35 bits per heavy atom. The monoisotopic (exact) mass is 350 g/mol. The molecule has 0 bridgehead atoms. The molecule has 0 aliphatic heterocycles. The molecule has 1 amide bonds. The van der Waals surface area contributed by atoms with Crippen molar-refractivity contribution in [3.05, 3.63) is 59.1 Å². The summed E-state index contributed by atoms with van der Waals surface area (Å²) in [5, 5.41) is 6.90. The van der Waals surface area contributed by atoms with Gasteiger partial charge in [-0.1, -0.05) is 6.07 Å². The van der Waals surface area contributed by atoms with E-state index >= 15 is 0 Å². The molecule has 0 fully saturated rings. The van der Waals surface area contributed by atoms with Crippen molar-refractivity contribution in [3.63, 3.8) is 0 Å². The molecule has 1 aliphatic rings. The first-order valence-corrected chi connectivity index (χ1v) is 8.46. The van der Waals surface area contributed by atoms with Gasteiger partial charge in [0.05, 0.1) is 0 Å². The van der Waals surface area contributed by atoms with E-state index in [1.54, 1.807) is 17.2 Å². The minimum Gasteiger partial charge on any atom is -0.354 e. The number of hydrogen-bond donors (Lipinski definition) is 2. The van der Waals surface area contributed by atoms with Gasteiger partial charge < -0.3 is 10.3 Å². The third kappa shape index (κ3) is 2.90. The Kier molecular flexibility index (Phi) is 4.08. The summed E-state index contributed by atoms with van der Waals surface area (Å²) in [6.07, 6.45) is 6.89. The third-order valence-electron chi connectivity index (χ3n) is 4.58. The van der Waals surface area contributed by atoms with Crippen LogP contribution in [0.1, 0.15) is 50.5 Å². The molecule has 0 saturated carbocycles. The fourth-order valence-electron chi connectivity index (χ4n) is 3.26. The number of aromatic nitrogens is 5. The van der Waals surface area contributed by atoms with Crippen molar-refractivity contribution in [2.24, 2.45) is 0 Å². The lowest BCUT2D eigenvalue weighted by Gasteiger charge is -2.09. The van der Waals surface area contributed by atoms with Gasteiger partial charge in [-0.3, -0.25) is 9.59 Å². The van der Waals surface area contributed by atoms with E-state index in [0.717, 1.165) is 29.7 Å². The molecule has 0 aromatic carbocycles. The maximum atomic E-state index is 12.5. The highest BCUT2D eigenvalue weighted by Crippen LogP contribution is 2.26. The highest BCUT2D eigenvalue weighted by molar-refractivity contribution is 6.04. The number of nitrogens with one attached hydrogen (secondary N) is 2. The number of amides is 1. The van der Waals surface area contributed by atoms with Gasteiger partial charge in [0.1, 0.15) is 18.3 Å². The lowest BCUT2D eigenvalue weighted by molar-refractivity contribution is 0.0945. The van der Waals surface area contributed by atoms with Crippen LogP contribution >= 0.6 is 0 Å². The molecule has 1 aliphatic carbocycles. The molecule has 0 unspecified atom stereocenters. The summed E-state index contributed by atoms with van der Waals surface area (Å²) in [6, 6.07) is 3.69. The average Bonchev–Trinajstić information content (AvgIpc) is 3.29. The molecule has 3 aromatic heterocycles. The van der Waals surface area contributed by atoms with Gasteiger partial charge >= 0.3 is 0 Å². The van der Waals surface area contributed by atoms with Gasteiger partial charge in [-0.15, -0.1) is 0 Å². The van der Waals surface area contributed by atoms with E-state index in [1.807, 2.05) is 19.1 Å². The highest BCUT2D eigenvalue weighted by Gasteiger charge is 2.26. The maximum absolute atomic E-state index is 12.5. The Labute approximate surface area is 149 Å². The Bertz CT molecular complexity index is 956. The van der Waals surface area contributed by atoms with Crippen LogP contribution in [0.25, 0.3) is 5.82 Å². The lowest BCUT2D eigenvalue weighted by atomic mass is 9.94. The standard InChI is InChI=1S/C18H18N6O2/c1-11-16-13(3-2-4-14(16)25)23-17(11)18(26)21-8-12-5-6-15(20-7-12)24-10-19-9-22-24/h5-7,9-10,23H,2-4,8H2,1H3,(H,21,26). The smallest absolute Gasteiger partial charge is 0.268 e. The molecule has 8 heteroatoms. The number of H-pyrrole nitrogens is 1. The second-order valence-corrected chi connectivity index (χ2v) is 6.30. The predicted octanol–water partition coefficient (Wildman–Crippen LogP) is 1.75. The zero-order chi connectivity index (χ0) is 18.1. The number of ketones is 1. The molecule has 3 heterocycles. The van der Waals surface area contributed by atoms with Gasteiger partial charge in [0.25, 0.3) is 5.91 Å². The van der Waals surface area contributed by atoms with Crippen molar-refractivity contribution >= 4 is 11.7 Å². The normalized spacial score (nSPS) is 13.5. The van der Waals surface area contributed by atoms with Crippen molar-refractivity contribution < 1.29 is 9.59 Å². The molecule has 0 radical (unpaired) electrons. The van der Waals surface area contributed by atoms with Crippen LogP contribution in [0, 0.1) is 6.92 Å². The first-order chi connectivity index (χ1) is 12.6. The number of aryl methyl sites for hydroxylation is 1. The van der Waals surface area contributed by atoms with E-state index in [-0.39, 0.29) is 11.7 Å². The Balaban J connectivity index is 1.45. The summed E-state index contributed by atoms with van der Waals surface area (Å²) in [4.78, 5) is 35.9. The Morgan fingerprint density at radius 3 is 2.92 bits per heavy atom. The SMILES string of the molecule is Cc1c(C(=O)NCc2ccc(-n3cncn3)nc2)[nH]c2c1C(=O)CCC2. The topological polar surface area (TPSA) is 106 Å². The van der Waals surface area contributed by atoms with Gasteiger partial charge in [-0.25, -0.2) is 14.6 Å². The number of pyridine rings is 1. The zero-order valence-electron chi connectivity index (χ0n) is 14.3. The van der Waals surface area contributed by atoms with Crippen LogP contribution in [-0.4, -0.2) is 36.4 Å². The van der Waals surface area contributed by atoms with E-state index in [9.17, 15) is 9.59 Å². The molecule has 4 rings (SSSR count). The van der Waals surface area contributed by atoms with Crippen molar-refractivity contribution in [1.29, 1.82) is 0 Å². The maximum Gasteiger partial charge on any atom is 0.268 e. The quantitative estimate of drug-likeness (QED) is 0.746. The fourth-order valence-corrected chi connectivity index (χ4v) is 3.26. The summed E-state index contributed by atoms with van der Waals surface area (Å²) in [5.41, 5.74) is 3.65. The third-order valence-corrected chi connectivity index (χ3v) is 4.58. The molecule has 0 saturated heterocycles. The van der Waals surface area contributed by atoms with Crippen LogP contribution in [0.4, 0.5) is 0 Å². The van der Waals surface area contributed by atoms with Gasteiger partial charge in [-0.2, -0.15) is 5.10 Å². The van der Waals surface area contributed by atoms with Crippen molar-refractivity contribution in [3.8, 4) is 5.82 Å². The Morgan fingerprint density at radius 2 is 2.23 bits per heavy atom. The van der Waals surface area contributed by atoms with E-state index < -0.39 is 0 Å². The molecular weight excluding hydrogens is 332 g/mol. The summed E-state index contributed by atoms with van der Waals surface area (Å²) in [5.74, 6) is 0.556. The number of rotatable bonds is 4. The first-order valence-electron chi connectivity index (χ1n) is 8.46. The number of hydrogen-bond acceptors (Lipinski definition) is 5. The van der Waals surface area contributed by atoms with Gasteiger partial charge in [-0.05, 0) is 37.0 Å². The first kappa shape index (κ1) is 16.2. The van der Waals surface area contributed by atoms with Crippen LogP contribution < -0.4 is 5.32 Å². The van der Waals surface area contributed by atoms with E-state index in [4.69, 9.17) is 0 Å². The molecule has 2 N–H and O–H groups in total. The van der Waals surface area contributed by atoms with Crippen molar-refractivity contribution in [2.45, 2.75) is 32.7 Å². The van der Waals surface area contributed by atoms with Crippen molar-refractivity contribution in [1.82, 2.24) is 30.0 Å². The van der Waals surface area contributed by atoms with Crippen LogP contribution in [-0.2, 0) is 13.0 Å². The second-order valence-electron chi connectivity index (χ2n) is 6.30. The molecular formula is C18H18N6O2. The number of nitrogens with zero attached hydrogens (tertiary/aromatic N) is 4. The van der Waals surface area contributed by atoms with Crippen LogP contribution in [0.15, 0.2) is 31.0 Å². The number of carbonyl (C=O) groups excluding carboxylic acids is 2. The predicted molar refractivity (Wildman–Crippen MR) is 93.1 cm³/mol. The molecule has 8 nitrogen and oxygen atoms in total. The molecule has 132 valence electrons. The number of Topliss-reactive ketones (excluding diaryl/α,β-unsaturated/α-hetero) is 1. The van der Waals surface area contributed by atoms with E-state index in [1.165, 1.54) is 6.33 Å². The highest BCUT2D eigenvalue weighted by atomic mass is 16.2. The van der Waals surface area contributed by atoms with Gasteiger partial charge in [0.15, 0.2) is 11.6 Å². The van der Waals surface area contributed by atoms with E-state index in [2.05, 4.69) is 25.4 Å². The molecule has 0 spiro atoms. The number of carbonyl (C=O) groups is 2. The summed E-state index contributed by atoms with van der Waals surface area (Å²) < 4.78 is 1.56. The average molecular weight is 350 g/mol. The van der Waals surface area contributed by atoms with Gasteiger partial charge in [0.2, 0.25) is 0 Å². The lowest BCUT2D eigenvalue weighted by Crippen LogP contribution is -2.24. The Hall–Kier alpha value is -3.29. The molecule has 0 atom stereocenters. The zero-order valence-corrected chi connectivity index (χ0v) is 14.3. The molecule has 26 heavy (non-hydrogen) atoms. The fraction of sp³-hybridized carbons (Fsp3) is 0.278. The number of fused-ring (bicyclic) bond motifs is 1. The van der Waals surface area contributed by atoms with Crippen LogP contribution in [0.5, 0.6) is 0 Å². The van der Waals surface area contributed by atoms with Crippen LogP contribution in [0.3, 0.4) is 0 Å². The second kappa shape index (κ2) is 6.55. The summed E-state index contributed by atoms with van der Waals surface area (Å²) in [6.45, 7) is 2.17. The number of aromatic amines is 1. The van der Waals surface area contributed by atoms with Gasteiger partial charge in [0, 0.05) is 30.4 Å². The summed E-state index contributed by atoms with van der Waals surface area (Å²) >= 11 is 0. The molecule has 3 aromatic rings. The van der Waals surface area contributed by atoms with Crippen LogP contribution in [0.2, 0.25) is 0 Å². The largest absolute Gasteiger partial charge is 0.354 e. The minimum absolute atomic E-state index is 0.118. The summed E-state index contributed by atoms with van der Waals surface area (Å²) in [7, 11) is 0.